The third-order valence-electron chi connectivity index (χ3n) is 1.59. The molecule has 0 unspecified atom stereocenters. The smallest absolute Gasteiger partial charge is 0.256 e. The predicted molar refractivity (Wildman–Crippen MR) is 49.4 cm³/mol. The molecule has 1 amide bonds. The monoisotopic (exact) mass is 201 g/mol. The average molecular weight is 202 g/mol. The minimum atomic E-state index is -0.664. The van der Waals surface area contributed by atoms with Gasteiger partial charge in [-0.05, 0) is 12.1 Å². The van der Waals surface area contributed by atoms with Gasteiger partial charge in [0.2, 0.25) is 0 Å². The molecular formula is C9H9ClFNO. The standard InChI is InChI=1S/C9H9ClFNO/c1-12(2)9(13)6-4-3-5-7(10)8(6)11/h3-5H,1-2H3. The lowest BCUT2D eigenvalue weighted by atomic mass is 10.2. The highest BCUT2D eigenvalue weighted by molar-refractivity contribution is 6.31. The summed E-state index contributed by atoms with van der Waals surface area (Å²) in [6, 6.07) is 4.36. The molecule has 1 rings (SSSR count). The average Bonchev–Trinajstić information content (AvgIpc) is 2.08. The van der Waals surface area contributed by atoms with Gasteiger partial charge >= 0.3 is 0 Å². The zero-order chi connectivity index (χ0) is 10.0. The number of carbonyl (C=O) groups excluding carboxylic acids is 1. The van der Waals surface area contributed by atoms with E-state index in [1.165, 1.54) is 17.0 Å². The number of benzene rings is 1. The largest absolute Gasteiger partial charge is 0.345 e. The van der Waals surface area contributed by atoms with Gasteiger partial charge in [0.15, 0.2) is 5.82 Å². The van der Waals surface area contributed by atoms with Crippen molar-refractivity contribution in [2.45, 2.75) is 0 Å². The molecule has 4 heteroatoms. The SMILES string of the molecule is CN(C)C(=O)c1cccc(Cl)c1F. The van der Waals surface area contributed by atoms with E-state index in [1.807, 2.05) is 0 Å². The summed E-state index contributed by atoms with van der Waals surface area (Å²) in [6.45, 7) is 0. The molecule has 0 fully saturated rings. The summed E-state index contributed by atoms with van der Waals surface area (Å²) in [5.74, 6) is -1.05. The second-order valence-corrected chi connectivity index (χ2v) is 3.21. The second kappa shape index (κ2) is 3.75. The number of halogens is 2. The quantitative estimate of drug-likeness (QED) is 0.682. The molecule has 1 aromatic carbocycles. The molecule has 0 heterocycles. The van der Waals surface area contributed by atoms with Crippen molar-refractivity contribution < 1.29 is 9.18 Å². The molecule has 0 bridgehead atoms. The van der Waals surface area contributed by atoms with Crippen LogP contribution in [0.25, 0.3) is 0 Å². The van der Waals surface area contributed by atoms with Gasteiger partial charge in [-0.25, -0.2) is 4.39 Å². The van der Waals surface area contributed by atoms with Crippen LogP contribution in [-0.4, -0.2) is 24.9 Å². The molecule has 0 saturated carbocycles. The van der Waals surface area contributed by atoms with Gasteiger partial charge in [0.25, 0.3) is 5.91 Å². The zero-order valence-corrected chi connectivity index (χ0v) is 8.10. The van der Waals surface area contributed by atoms with Crippen LogP contribution in [0, 0.1) is 5.82 Å². The Morgan fingerprint density at radius 1 is 1.46 bits per heavy atom. The van der Waals surface area contributed by atoms with E-state index in [1.54, 1.807) is 20.2 Å². The van der Waals surface area contributed by atoms with Gasteiger partial charge in [0, 0.05) is 14.1 Å². The first kappa shape index (κ1) is 9.99. The van der Waals surface area contributed by atoms with Crippen molar-refractivity contribution in [2.75, 3.05) is 14.1 Å². The lowest BCUT2D eigenvalue weighted by Crippen LogP contribution is -2.22. The highest BCUT2D eigenvalue weighted by Crippen LogP contribution is 2.18. The number of nitrogens with zero attached hydrogens (tertiary/aromatic N) is 1. The fraction of sp³-hybridized carbons (Fsp3) is 0.222. The molecule has 0 radical (unpaired) electrons. The summed E-state index contributed by atoms with van der Waals surface area (Å²) in [4.78, 5) is 12.6. The van der Waals surface area contributed by atoms with Gasteiger partial charge in [0.1, 0.15) is 0 Å². The molecule has 0 aliphatic heterocycles. The fourth-order valence-corrected chi connectivity index (χ4v) is 1.08. The topological polar surface area (TPSA) is 20.3 Å². The molecule has 0 aromatic heterocycles. The van der Waals surface area contributed by atoms with Crippen molar-refractivity contribution in [2.24, 2.45) is 0 Å². The summed E-state index contributed by atoms with van der Waals surface area (Å²) in [5, 5.41) is -0.0345. The van der Waals surface area contributed by atoms with Crippen LogP contribution in [0.4, 0.5) is 4.39 Å². The van der Waals surface area contributed by atoms with E-state index < -0.39 is 5.82 Å². The summed E-state index contributed by atoms with van der Waals surface area (Å²) in [7, 11) is 3.12. The minimum Gasteiger partial charge on any atom is -0.345 e. The normalized spacial score (nSPS) is 9.85. The Labute approximate surface area is 80.9 Å². The maximum Gasteiger partial charge on any atom is 0.256 e. The van der Waals surface area contributed by atoms with Gasteiger partial charge in [-0.1, -0.05) is 17.7 Å². The molecule has 0 aliphatic carbocycles. The van der Waals surface area contributed by atoms with Gasteiger partial charge < -0.3 is 4.90 Å². The van der Waals surface area contributed by atoms with E-state index in [-0.39, 0.29) is 16.5 Å². The molecule has 0 N–H and O–H groups in total. The molecule has 0 spiro atoms. The summed E-state index contributed by atoms with van der Waals surface area (Å²) < 4.78 is 13.2. The summed E-state index contributed by atoms with van der Waals surface area (Å²) in [5.41, 5.74) is -0.00231. The van der Waals surface area contributed by atoms with E-state index in [0.717, 1.165) is 0 Å². The summed E-state index contributed by atoms with van der Waals surface area (Å²) >= 11 is 5.52. The number of hydrogen-bond donors (Lipinski definition) is 0. The predicted octanol–water partition coefficient (Wildman–Crippen LogP) is 2.18. The molecule has 2 nitrogen and oxygen atoms in total. The highest BCUT2D eigenvalue weighted by atomic mass is 35.5. The van der Waals surface area contributed by atoms with Crippen LogP contribution in [0.1, 0.15) is 10.4 Å². The number of rotatable bonds is 1. The second-order valence-electron chi connectivity index (χ2n) is 2.80. The van der Waals surface area contributed by atoms with Crippen molar-refractivity contribution in [1.29, 1.82) is 0 Å². The van der Waals surface area contributed by atoms with Crippen LogP contribution in [0.2, 0.25) is 5.02 Å². The molecule has 1 aromatic rings. The van der Waals surface area contributed by atoms with Gasteiger partial charge in [-0.15, -0.1) is 0 Å². The third kappa shape index (κ3) is 1.98. The van der Waals surface area contributed by atoms with Crippen LogP contribution >= 0.6 is 11.6 Å². The van der Waals surface area contributed by atoms with Gasteiger partial charge in [-0.3, -0.25) is 4.79 Å². The minimum absolute atomic E-state index is 0.00231. The van der Waals surface area contributed by atoms with Crippen LogP contribution in [-0.2, 0) is 0 Å². The first-order valence-electron chi connectivity index (χ1n) is 3.69. The van der Waals surface area contributed by atoms with Crippen molar-refractivity contribution in [3.63, 3.8) is 0 Å². The Kier molecular flexibility index (Phi) is 2.88. The molecule has 13 heavy (non-hydrogen) atoms. The third-order valence-corrected chi connectivity index (χ3v) is 1.88. The first-order valence-corrected chi connectivity index (χ1v) is 4.07. The molecule has 0 atom stereocenters. The fourth-order valence-electron chi connectivity index (χ4n) is 0.910. The Morgan fingerprint density at radius 2 is 2.08 bits per heavy atom. The maximum absolute atomic E-state index is 13.2. The maximum atomic E-state index is 13.2. The Hall–Kier alpha value is -1.09. The van der Waals surface area contributed by atoms with Crippen LogP contribution in [0.15, 0.2) is 18.2 Å². The number of amides is 1. The van der Waals surface area contributed by atoms with Gasteiger partial charge in [-0.2, -0.15) is 0 Å². The van der Waals surface area contributed by atoms with Crippen molar-refractivity contribution >= 4 is 17.5 Å². The highest BCUT2D eigenvalue weighted by Gasteiger charge is 2.14. The van der Waals surface area contributed by atoms with Crippen LogP contribution in [0.5, 0.6) is 0 Å². The van der Waals surface area contributed by atoms with E-state index in [0.29, 0.717) is 0 Å². The van der Waals surface area contributed by atoms with Crippen molar-refractivity contribution in [3.8, 4) is 0 Å². The van der Waals surface area contributed by atoms with Crippen molar-refractivity contribution in [3.05, 3.63) is 34.6 Å². The molecule has 0 aliphatic rings. The van der Waals surface area contributed by atoms with E-state index in [2.05, 4.69) is 0 Å². The number of carbonyl (C=O) groups is 1. The summed E-state index contributed by atoms with van der Waals surface area (Å²) in [6.07, 6.45) is 0. The Bertz CT molecular complexity index is 338. The zero-order valence-electron chi connectivity index (χ0n) is 7.34. The van der Waals surface area contributed by atoms with Crippen LogP contribution < -0.4 is 0 Å². The Balaban J connectivity index is 3.15. The van der Waals surface area contributed by atoms with E-state index in [9.17, 15) is 9.18 Å². The molecule has 0 saturated heterocycles. The van der Waals surface area contributed by atoms with E-state index >= 15 is 0 Å². The van der Waals surface area contributed by atoms with Gasteiger partial charge in [0.05, 0.1) is 10.6 Å². The lowest BCUT2D eigenvalue weighted by Gasteiger charge is -2.10. The van der Waals surface area contributed by atoms with Crippen molar-refractivity contribution in [1.82, 2.24) is 4.90 Å². The molecular weight excluding hydrogens is 193 g/mol. The van der Waals surface area contributed by atoms with E-state index in [4.69, 9.17) is 11.6 Å². The first-order chi connectivity index (χ1) is 6.04. The van der Waals surface area contributed by atoms with Crippen LogP contribution in [0.3, 0.4) is 0 Å². The molecule has 70 valence electrons. The Morgan fingerprint density at radius 3 is 2.62 bits per heavy atom. The number of hydrogen-bond acceptors (Lipinski definition) is 1. The lowest BCUT2D eigenvalue weighted by molar-refractivity contribution is 0.0823.